The summed E-state index contributed by atoms with van der Waals surface area (Å²) in [6, 6.07) is 12.1. The van der Waals surface area contributed by atoms with Gasteiger partial charge < -0.3 is 10.6 Å². The normalized spacial score (nSPS) is 11.0. The molecule has 7 nitrogen and oxygen atoms in total. The summed E-state index contributed by atoms with van der Waals surface area (Å²) < 4.78 is 1.67. The highest BCUT2D eigenvalue weighted by atomic mass is 16.2. The number of hydrogen-bond acceptors (Lipinski definition) is 5. The molecular formula is C19H24N6O. The lowest BCUT2D eigenvalue weighted by atomic mass is 10.1. The molecule has 26 heavy (non-hydrogen) atoms. The van der Waals surface area contributed by atoms with Crippen LogP contribution in [0.15, 0.2) is 36.4 Å². The summed E-state index contributed by atoms with van der Waals surface area (Å²) >= 11 is 0. The SMILES string of the molecule is Cc1cc(C)n2nc(CC(=O)N(CCN)CCc3ccccc3)nc2n1. The van der Waals surface area contributed by atoms with Crippen LogP contribution in [-0.4, -0.2) is 50.0 Å². The smallest absolute Gasteiger partial charge is 0.252 e. The fourth-order valence-electron chi connectivity index (χ4n) is 2.96. The van der Waals surface area contributed by atoms with Gasteiger partial charge >= 0.3 is 0 Å². The molecule has 136 valence electrons. The molecule has 0 fully saturated rings. The molecule has 0 aliphatic rings. The highest BCUT2D eigenvalue weighted by Crippen LogP contribution is 2.08. The van der Waals surface area contributed by atoms with E-state index in [4.69, 9.17) is 5.73 Å². The van der Waals surface area contributed by atoms with Gasteiger partial charge in [0, 0.05) is 31.0 Å². The molecule has 0 aliphatic carbocycles. The van der Waals surface area contributed by atoms with Crippen LogP contribution in [0, 0.1) is 13.8 Å². The zero-order valence-electron chi connectivity index (χ0n) is 15.2. The Morgan fingerprint density at radius 2 is 1.92 bits per heavy atom. The lowest BCUT2D eigenvalue weighted by Gasteiger charge is -2.21. The molecule has 2 heterocycles. The van der Waals surface area contributed by atoms with E-state index in [2.05, 4.69) is 27.2 Å². The first kappa shape index (κ1) is 18.0. The standard InChI is InChI=1S/C19H24N6O/c1-14-12-15(2)25-19(21-14)22-17(23-25)13-18(26)24(11-9-20)10-8-16-6-4-3-5-7-16/h3-7,12H,8-11,13,20H2,1-2H3. The van der Waals surface area contributed by atoms with E-state index >= 15 is 0 Å². The third kappa shape index (κ3) is 4.23. The number of carbonyl (C=O) groups excluding carboxylic acids is 1. The van der Waals surface area contributed by atoms with Gasteiger partial charge in [-0.25, -0.2) is 9.50 Å². The molecule has 1 aromatic carbocycles. The number of nitrogens with zero attached hydrogens (tertiary/aromatic N) is 5. The molecule has 0 saturated heterocycles. The third-order valence-corrected chi connectivity index (χ3v) is 4.24. The van der Waals surface area contributed by atoms with Gasteiger partial charge in [-0.15, -0.1) is 5.10 Å². The second-order valence-electron chi connectivity index (χ2n) is 6.36. The van der Waals surface area contributed by atoms with Crippen LogP contribution in [0.4, 0.5) is 0 Å². The largest absolute Gasteiger partial charge is 0.341 e. The van der Waals surface area contributed by atoms with Gasteiger partial charge in [0.1, 0.15) is 0 Å². The van der Waals surface area contributed by atoms with Gasteiger partial charge in [-0.1, -0.05) is 30.3 Å². The number of fused-ring (bicyclic) bond motifs is 1. The number of hydrogen-bond donors (Lipinski definition) is 1. The molecule has 0 aliphatic heterocycles. The first-order valence-corrected chi connectivity index (χ1v) is 8.78. The van der Waals surface area contributed by atoms with E-state index in [9.17, 15) is 4.79 Å². The summed E-state index contributed by atoms with van der Waals surface area (Å²) in [5.41, 5.74) is 8.71. The minimum atomic E-state index is -0.0170. The van der Waals surface area contributed by atoms with Gasteiger partial charge in [-0.05, 0) is 31.9 Å². The second-order valence-corrected chi connectivity index (χ2v) is 6.36. The van der Waals surface area contributed by atoms with Crippen molar-refractivity contribution < 1.29 is 4.79 Å². The number of amides is 1. The molecule has 0 spiro atoms. The van der Waals surface area contributed by atoms with Crippen molar-refractivity contribution in [3.63, 3.8) is 0 Å². The minimum absolute atomic E-state index is 0.0170. The summed E-state index contributed by atoms with van der Waals surface area (Å²) in [6.45, 7) is 5.44. The van der Waals surface area contributed by atoms with Crippen molar-refractivity contribution in [3.05, 3.63) is 59.2 Å². The van der Waals surface area contributed by atoms with E-state index in [0.717, 1.165) is 17.8 Å². The monoisotopic (exact) mass is 352 g/mol. The highest BCUT2D eigenvalue weighted by molar-refractivity contribution is 5.78. The second kappa shape index (κ2) is 8.05. The lowest BCUT2D eigenvalue weighted by Crippen LogP contribution is -2.38. The fraction of sp³-hybridized carbons (Fsp3) is 0.368. The Bertz CT molecular complexity index is 890. The summed E-state index contributed by atoms with van der Waals surface area (Å²) in [6.07, 6.45) is 0.946. The molecule has 1 amide bonds. The first-order valence-electron chi connectivity index (χ1n) is 8.78. The van der Waals surface area contributed by atoms with Crippen molar-refractivity contribution in [2.24, 2.45) is 5.73 Å². The van der Waals surface area contributed by atoms with Gasteiger partial charge in [0.05, 0.1) is 6.42 Å². The number of aryl methyl sites for hydroxylation is 2. The molecule has 7 heteroatoms. The Kier molecular flexibility index (Phi) is 5.58. The van der Waals surface area contributed by atoms with E-state index < -0.39 is 0 Å². The summed E-state index contributed by atoms with van der Waals surface area (Å²) in [5.74, 6) is 0.995. The van der Waals surface area contributed by atoms with Gasteiger partial charge in [0.15, 0.2) is 5.82 Å². The average molecular weight is 352 g/mol. The maximum Gasteiger partial charge on any atom is 0.252 e. The molecule has 2 N–H and O–H groups in total. The van der Waals surface area contributed by atoms with Crippen LogP contribution < -0.4 is 5.73 Å². The molecular weight excluding hydrogens is 328 g/mol. The van der Waals surface area contributed by atoms with Crippen molar-refractivity contribution in [2.75, 3.05) is 19.6 Å². The van der Waals surface area contributed by atoms with E-state index in [-0.39, 0.29) is 12.3 Å². The van der Waals surface area contributed by atoms with E-state index in [1.54, 1.807) is 9.42 Å². The Morgan fingerprint density at radius 1 is 1.15 bits per heavy atom. The van der Waals surface area contributed by atoms with Gasteiger partial charge in [0.2, 0.25) is 5.91 Å². The van der Waals surface area contributed by atoms with Crippen molar-refractivity contribution in [2.45, 2.75) is 26.7 Å². The third-order valence-electron chi connectivity index (χ3n) is 4.24. The Labute approximate surface area is 152 Å². The topological polar surface area (TPSA) is 89.4 Å². The minimum Gasteiger partial charge on any atom is -0.341 e. The summed E-state index contributed by atoms with van der Waals surface area (Å²) in [7, 11) is 0. The number of carbonyl (C=O) groups is 1. The molecule has 0 saturated carbocycles. The van der Waals surface area contributed by atoms with Gasteiger partial charge in [-0.3, -0.25) is 4.79 Å². The lowest BCUT2D eigenvalue weighted by molar-refractivity contribution is -0.130. The molecule has 0 radical (unpaired) electrons. The van der Waals surface area contributed by atoms with E-state index in [1.165, 1.54) is 5.56 Å². The Balaban J connectivity index is 1.70. The quantitative estimate of drug-likeness (QED) is 0.692. The predicted octanol–water partition coefficient (Wildman–Crippen LogP) is 1.31. The number of benzene rings is 1. The van der Waals surface area contributed by atoms with Crippen LogP contribution >= 0.6 is 0 Å². The van der Waals surface area contributed by atoms with Gasteiger partial charge in [-0.2, -0.15) is 4.98 Å². The maximum absolute atomic E-state index is 12.7. The summed E-state index contributed by atoms with van der Waals surface area (Å²) in [4.78, 5) is 23.3. The van der Waals surface area contributed by atoms with Crippen molar-refractivity contribution in [3.8, 4) is 0 Å². The van der Waals surface area contributed by atoms with Gasteiger partial charge in [0.25, 0.3) is 5.78 Å². The zero-order valence-corrected chi connectivity index (χ0v) is 15.2. The van der Waals surface area contributed by atoms with Crippen LogP contribution in [0.5, 0.6) is 0 Å². The summed E-state index contributed by atoms with van der Waals surface area (Å²) in [5, 5.41) is 4.42. The van der Waals surface area contributed by atoms with Crippen LogP contribution in [0.25, 0.3) is 5.78 Å². The maximum atomic E-state index is 12.7. The zero-order chi connectivity index (χ0) is 18.5. The molecule has 3 rings (SSSR count). The van der Waals surface area contributed by atoms with E-state index in [0.29, 0.717) is 31.2 Å². The van der Waals surface area contributed by atoms with Crippen LogP contribution in [-0.2, 0) is 17.6 Å². The van der Waals surface area contributed by atoms with Crippen LogP contribution in [0.1, 0.15) is 22.8 Å². The number of nitrogens with two attached hydrogens (primary N) is 1. The number of aromatic nitrogens is 4. The number of rotatable bonds is 7. The fourth-order valence-corrected chi connectivity index (χ4v) is 2.96. The first-order chi connectivity index (χ1) is 12.6. The van der Waals surface area contributed by atoms with E-state index in [1.807, 2.05) is 38.1 Å². The molecule has 0 atom stereocenters. The Morgan fingerprint density at radius 3 is 2.65 bits per heavy atom. The molecule has 0 unspecified atom stereocenters. The highest BCUT2D eigenvalue weighted by Gasteiger charge is 2.17. The van der Waals surface area contributed by atoms with Crippen LogP contribution in [0.2, 0.25) is 0 Å². The predicted molar refractivity (Wildman–Crippen MR) is 99.7 cm³/mol. The molecule has 3 aromatic rings. The van der Waals surface area contributed by atoms with Crippen LogP contribution in [0.3, 0.4) is 0 Å². The molecule has 2 aromatic heterocycles. The van der Waals surface area contributed by atoms with Crippen molar-refractivity contribution >= 4 is 11.7 Å². The van der Waals surface area contributed by atoms with Crippen molar-refractivity contribution in [1.82, 2.24) is 24.5 Å². The Hall–Kier alpha value is -2.80. The van der Waals surface area contributed by atoms with Crippen molar-refractivity contribution in [1.29, 1.82) is 0 Å². The molecule has 0 bridgehead atoms. The average Bonchev–Trinajstić information content (AvgIpc) is 3.02.